The van der Waals surface area contributed by atoms with Crippen LogP contribution in [-0.4, -0.2) is 77.1 Å². The lowest BCUT2D eigenvalue weighted by Gasteiger charge is -2.25. The summed E-state index contributed by atoms with van der Waals surface area (Å²) in [6.45, 7) is 8.39. The van der Waals surface area contributed by atoms with Crippen LogP contribution in [0.3, 0.4) is 0 Å². The molecule has 1 unspecified atom stereocenters. The SMILES string of the molecule is CCOP(=O)(COCC1O[C@@H](n2ncc3c(N(C)Cc4ccccc4)nc(Cl)nc32)[C@@H]2OC(C)(C)O[C@H]12)OCC. The van der Waals surface area contributed by atoms with Gasteiger partial charge in [-0.05, 0) is 44.9 Å². The average Bonchev–Trinajstić information content (AvgIpc) is 3.55. The van der Waals surface area contributed by atoms with E-state index < -0.39 is 37.9 Å². The Balaban J connectivity index is 1.39. The first kappa shape index (κ1) is 29.3. The second-order valence-corrected chi connectivity index (χ2v) is 12.4. The number of fused-ring (bicyclic) bond motifs is 2. The highest BCUT2D eigenvalue weighted by atomic mass is 35.5. The lowest BCUT2D eigenvalue weighted by molar-refractivity contribution is -0.202. The molecule has 0 amide bonds. The van der Waals surface area contributed by atoms with Gasteiger partial charge in [0.2, 0.25) is 5.28 Å². The Morgan fingerprint density at radius 1 is 1.10 bits per heavy atom. The van der Waals surface area contributed by atoms with E-state index in [4.69, 9.17) is 39.6 Å². The first-order valence-corrected chi connectivity index (χ1v) is 15.4. The first-order valence-electron chi connectivity index (χ1n) is 13.3. The van der Waals surface area contributed by atoms with Gasteiger partial charge in [-0.15, -0.1) is 0 Å². The number of benzene rings is 1. The molecule has 0 bridgehead atoms. The van der Waals surface area contributed by atoms with Gasteiger partial charge in [-0.2, -0.15) is 15.1 Å². The topological polar surface area (TPSA) is 119 Å². The van der Waals surface area contributed by atoms with Crippen LogP contribution in [0.25, 0.3) is 11.0 Å². The van der Waals surface area contributed by atoms with Crippen LogP contribution in [0.2, 0.25) is 5.28 Å². The van der Waals surface area contributed by atoms with E-state index in [2.05, 4.69) is 27.2 Å². The lowest BCUT2D eigenvalue weighted by atomic mass is 10.1. The number of nitrogens with zero attached hydrogens (tertiary/aromatic N) is 5. The molecule has 2 aliphatic rings. The zero-order valence-corrected chi connectivity index (χ0v) is 24.9. The standard InChI is InChI=1S/C26H35ClN5O7P/c1-6-35-40(33,36-7-2)16-34-15-19-20-21(39-26(3,4)38-20)24(37-19)32-23-18(13-28-32)22(29-25(27)30-23)31(5)14-17-11-9-8-10-12-17/h8-13,19-21,24H,6-7,14-16H2,1-5H3/t19?,20-,21-,24-/m1/s1. The van der Waals surface area contributed by atoms with E-state index in [0.717, 1.165) is 10.9 Å². The fraction of sp³-hybridized carbons (Fsp3) is 0.577. The van der Waals surface area contributed by atoms with Crippen LogP contribution in [0.4, 0.5) is 5.82 Å². The van der Waals surface area contributed by atoms with Crippen molar-refractivity contribution in [2.45, 2.75) is 64.6 Å². The molecule has 1 aromatic carbocycles. The molecule has 0 spiro atoms. The van der Waals surface area contributed by atoms with Crippen molar-refractivity contribution in [2.75, 3.05) is 38.1 Å². The first-order chi connectivity index (χ1) is 19.1. The molecule has 40 heavy (non-hydrogen) atoms. The largest absolute Gasteiger partial charge is 0.366 e. The van der Waals surface area contributed by atoms with E-state index in [1.165, 1.54) is 0 Å². The number of hydrogen-bond donors (Lipinski definition) is 0. The summed E-state index contributed by atoms with van der Waals surface area (Å²) in [5.41, 5.74) is 1.63. The van der Waals surface area contributed by atoms with Crippen LogP contribution in [0.5, 0.6) is 0 Å². The maximum absolute atomic E-state index is 12.8. The molecule has 0 N–H and O–H groups in total. The van der Waals surface area contributed by atoms with Gasteiger partial charge in [-0.25, -0.2) is 4.68 Å². The summed E-state index contributed by atoms with van der Waals surface area (Å²) >= 11 is 6.40. The monoisotopic (exact) mass is 595 g/mol. The molecular formula is C26H35ClN5O7P. The minimum atomic E-state index is -3.38. The molecule has 0 aliphatic carbocycles. The molecule has 0 radical (unpaired) electrons. The average molecular weight is 596 g/mol. The lowest BCUT2D eigenvalue weighted by Crippen LogP contribution is -2.33. The highest BCUT2D eigenvalue weighted by molar-refractivity contribution is 7.53. The predicted molar refractivity (Wildman–Crippen MR) is 148 cm³/mol. The maximum atomic E-state index is 12.8. The highest BCUT2D eigenvalue weighted by Crippen LogP contribution is 2.49. The summed E-state index contributed by atoms with van der Waals surface area (Å²) in [6, 6.07) is 10.1. The van der Waals surface area contributed by atoms with Crippen molar-refractivity contribution < 1.29 is 32.6 Å². The van der Waals surface area contributed by atoms with Crippen molar-refractivity contribution in [3.63, 3.8) is 0 Å². The van der Waals surface area contributed by atoms with Crippen molar-refractivity contribution in [3.05, 3.63) is 47.4 Å². The van der Waals surface area contributed by atoms with Crippen LogP contribution in [-0.2, 0) is 39.1 Å². The molecule has 5 rings (SSSR count). The second-order valence-electron chi connectivity index (χ2n) is 10.1. The van der Waals surface area contributed by atoms with Gasteiger partial charge in [0.15, 0.2) is 17.7 Å². The van der Waals surface area contributed by atoms with E-state index in [9.17, 15) is 4.57 Å². The van der Waals surface area contributed by atoms with Crippen molar-refractivity contribution >= 4 is 36.0 Å². The van der Waals surface area contributed by atoms with Crippen molar-refractivity contribution in [2.24, 2.45) is 0 Å². The minimum absolute atomic E-state index is 0.0846. The van der Waals surface area contributed by atoms with Crippen molar-refractivity contribution in [1.29, 1.82) is 0 Å². The Morgan fingerprint density at radius 2 is 1.80 bits per heavy atom. The number of aromatic nitrogens is 4. The summed E-state index contributed by atoms with van der Waals surface area (Å²) in [5, 5.41) is 5.43. The van der Waals surface area contributed by atoms with E-state index in [1.54, 1.807) is 24.7 Å². The van der Waals surface area contributed by atoms with Crippen molar-refractivity contribution in [1.82, 2.24) is 19.7 Å². The maximum Gasteiger partial charge on any atom is 0.356 e. The minimum Gasteiger partial charge on any atom is -0.366 e. The molecule has 2 aliphatic heterocycles. The summed E-state index contributed by atoms with van der Waals surface area (Å²) in [4.78, 5) is 11.0. The van der Waals surface area contributed by atoms with Gasteiger partial charge >= 0.3 is 7.60 Å². The highest BCUT2D eigenvalue weighted by Gasteiger charge is 2.56. The van der Waals surface area contributed by atoms with E-state index in [1.807, 2.05) is 44.0 Å². The van der Waals surface area contributed by atoms with Crippen LogP contribution < -0.4 is 4.90 Å². The molecule has 218 valence electrons. The van der Waals surface area contributed by atoms with Crippen LogP contribution in [0, 0.1) is 0 Å². The van der Waals surface area contributed by atoms with Gasteiger partial charge in [0.1, 0.15) is 30.5 Å². The fourth-order valence-electron chi connectivity index (χ4n) is 5.07. The van der Waals surface area contributed by atoms with Gasteiger partial charge in [-0.1, -0.05) is 30.3 Å². The quantitative estimate of drug-likeness (QED) is 0.213. The zero-order valence-electron chi connectivity index (χ0n) is 23.2. The summed E-state index contributed by atoms with van der Waals surface area (Å²) in [6.07, 6.45) is -0.684. The Bertz CT molecular complexity index is 1350. The molecular weight excluding hydrogens is 561 g/mol. The Hall–Kier alpha value is -2.15. The van der Waals surface area contributed by atoms with Gasteiger partial charge in [0.25, 0.3) is 0 Å². The third-order valence-corrected chi connectivity index (χ3v) is 8.55. The Kier molecular flexibility index (Phi) is 8.80. The van der Waals surface area contributed by atoms with Crippen molar-refractivity contribution in [3.8, 4) is 0 Å². The summed E-state index contributed by atoms with van der Waals surface area (Å²) < 4.78 is 49.7. The van der Waals surface area contributed by atoms with E-state index in [0.29, 0.717) is 18.0 Å². The number of hydrogen-bond acceptors (Lipinski definition) is 11. The second kappa shape index (κ2) is 12.0. The summed E-state index contributed by atoms with van der Waals surface area (Å²) in [5.74, 6) is -0.205. The third kappa shape index (κ3) is 6.19. The van der Waals surface area contributed by atoms with Gasteiger partial charge in [0, 0.05) is 13.6 Å². The molecule has 2 fully saturated rings. The molecule has 3 aromatic rings. The molecule has 4 heterocycles. The number of halogens is 1. The molecule has 14 heteroatoms. The molecule has 2 aromatic heterocycles. The molecule has 2 saturated heterocycles. The van der Waals surface area contributed by atoms with Crippen LogP contribution in [0.1, 0.15) is 39.5 Å². The normalized spacial score (nSPS) is 24.1. The molecule has 0 saturated carbocycles. The van der Waals surface area contributed by atoms with Gasteiger partial charge < -0.3 is 32.9 Å². The number of anilines is 1. The van der Waals surface area contributed by atoms with Gasteiger partial charge in [-0.3, -0.25) is 4.57 Å². The fourth-order valence-corrected chi connectivity index (χ4v) is 6.57. The van der Waals surface area contributed by atoms with E-state index >= 15 is 0 Å². The van der Waals surface area contributed by atoms with Crippen LogP contribution >= 0.6 is 19.2 Å². The number of rotatable bonds is 12. The third-order valence-electron chi connectivity index (χ3n) is 6.58. The molecule has 4 atom stereocenters. The molecule has 12 nitrogen and oxygen atoms in total. The Labute approximate surface area is 238 Å². The van der Waals surface area contributed by atoms with E-state index in [-0.39, 0.29) is 31.5 Å². The Morgan fingerprint density at radius 3 is 2.50 bits per heavy atom. The summed E-state index contributed by atoms with van der Waals surface area (Å²) in [7, 11) is -1.43. The smallest absolute Gasteiger partial charge is 0.356 e. The van der Waals surface area contributed by atoms with Crippen LogP contribution in [0.15, 0.2) is 36.5 Å². The predicted octanol–water partition coefficient (Wildman–Crippen LogP) is 4.77. The zero-order chi connectivity index (χ0) is 28.5. The van der Waals surface area contributed by atoms with Gasteiger partial charge in [0.05, 0.1) is 31.4 Å². The number of ether oxygens (including phenoxy) is 4.